The van der Waals surface area contributed by atoms with Crippen LogP contribution >= 0.6 is 0 Å². The van der Waals surface area contributed by atoms with Crippen LogP contribution in [-0.2, 0) is 14.3 Å². The molecule has 1 N–H and O–H groups in total. The van der Waals surface area contributed by atoms with Crippen LogP contribution in [-0.4, -0.2) is 41.1 Å². The maximum Gasteiger partial charge on any atom is 0.308 e. The molecule has 3 aromatic rings. The second kappa shape index (κ2) is 12.4. The number of ketones is 1. The van der Waals surface area contributed by atoms with E-state index in [2.05, 4.69) is 5.32 Å². The van der Waals surface area contributed by atoms with E-state index in [4.69, 9.17) is 9.47 Å². The Labute approximate surface area is 222 Å². The van der Waals surface area contributed by atoms with Crippen molar-refractivity contribution >= 4 is 22.5 Å². The van der Waals surface area contributed by atoms with Gasteiger partial charge in [0.25, 0.3) is 5.56 Å². The zero-order chi connectivity index (χ0) is 28.9. The molecule has 0 aliphatic carbocycles. The van der Waals surface area contributed by atoms with Crippen molar-refractivity contribution in [3.63, 3.8) is 0 Å². The number of esters is 1. The van der Waals surface area contributed by atoms with Gasteiger partial charge in [0.05, 0.1) is 12.5 Å². The fourth-order valence-electron chi connectivity index (χ4n) is 3.98. The minimum Gasteiger partial charge on any atom is -0.479 e. The summed E-state index contributed by atoms with van der Waals surface area (Å²) >= 11 is 0. The maximum atomic E-state index is 14.0. The topological polar surface area (TPSA) is 86.6 Å². The van der Waals surface area contributed by atoms with Crippen LogP contribution in [0.5, 0.6) is 5.75 Å². The number of nitrogens with one attached hydrogen (secondary N) is 1. The lowest BCUT2D eigenvalue weighted by Gasteiger charge is -2.25. The van der Waals surface area contributed by atoms with E-state index in [-0.39, 0.29) is 18.2 Å². The van der Waals surface area contributed by atoms with E-state index in [0.29, 0.717) is 11.8 Å². The first-order valence-electron chi connectivity index (χ1n) is 12.4. The van der Waals surface area contributed by atoms with Gasteiger partial charge in [-0.1, -0.05) is 25.1 Å². The molecule has 0 amide bonds. The molecule has 7 nitrogen and oxygen atoms in total. The number of carbonyl (C=O) groups excluding carboxylic acids is 2. The maximum absolute atomic E-state index is 14.0. The molecule has 0 saturated carbocycles. The summed E-state index contributed by atoms with van der Waals surface area (Å²) < 4.78 is 66.6. The van der Waals surface area contributed by atoms with E-state index in [1.165, 1.54) is 4.57 Å². The summed E-state index contributed by atoms with van der Waals surface area (Å²) in [5.41, 5.74) is -1.09. The highest BCUT2D eigenvalue weighted by Gasteiger charge is 2.28. The molecule has 0 aliphatic heterocycles. The number of rotatable bonds is 11. The summed E-state index contributed by atoms with van der Waals surface area (Å²) in [7, 11) is 0. The minimum atomic E-state index is -1.79. The molecule has 2 aromatic carbocycles. The summed E-state index contributed by atoms with van der Waals surface area (Å²) in [6, 6.07) is 7.21. The number of aromatic nitrogens is 1. The quantitative estimate of drug-likeness (QED) is 0.209. The summed E-state index contributed by atoms with van der Waals surface area (Å²) in [6.45, 7) is 5.83. The Balaban J connectivity index is 1.81. The van der Waals surface area contributed by atoms with Crippen LogP contribution in [0.3, 0.4) is 0 Å². The molecule has 0 radical (unpaired) electrons. The van der Waals surface area contributed by atoms with E-state index in [9.17, 15) is 31.9 Å². The Hall–Kier alpha value is -3.73. The summed E-state index contributed by atoms with van der Waals surface area (Å²) in [4.78, 5) is 38.6. The van der Waals surface area contributed by atoms with Gasteiger partial charge in [0.15, 0.2) is 23.2 Å². The average Bonchev–Trinajstić information content (AvgIpc) is 2.87. The van der Waals surface area contributed by atoms with Crippen molar-refractivity contribution in [2.24, 2.45) is 0 Å². The van der Waals surface area contributed by atoms with E-state index < -0.39 is 71.5 Å². The number of nitrogens with zero attached hydrogens (tertiary/aromatic N) is 1. The lowest BCUT2D eigenvalue weighted by molar-refractivity contribution is -0.156. The zero-order valence-electron chi connectivity index (χ0n) is 22.0. The molecule has 0 aliphatic rings. The van der Waals surface area contributed by atoms with E-state index in [1.807, 2.05) is 19.1 Å². The number of ether oxygens (including phenoxy) is 2. The first-order valence-corrected chi connectivity index (χ1v) is 12.4. The molecule has 0 fully saturated rings. The SMILES string of the molecule is CC[C@@H](CN[C@@H](CC(=O)OC(C)(C)C)C(=O)COc1c(F)c(F)cc(F)c1F)n1ccc2ccccc2c1=O. The molecular formula is C28H30F4N2O5. The van der Waals surface area contributed by atoms with Crippen molar-refractivity contribution in [2.45, 2.75) is 58.2 Å². The highest BCUT2D eigenvalue weighted by Crippen LogP contribution is 2.26. The van der Waals surface area contributed by atoms with Gasteiger partial charge in [-0.25, -0.2) is 8.78 Å². The third kappa shape index (κ3) is 7.44. The van der Waals surface area contributed by atoms with Crippen LogP contribution < -0.4 is 15.6 Å². The molecule has 1 heterocycles. The highest BCUT2D eigenvalue weighted by molar-refractivity contribution is 5.89. The van der Waals surface area contributed by atoms with E-state index in [1.54, 1.807) is 45.2 Å². The Morgan fingerprint density at radius 3 is 2.28 bits per heavy atom. The van der Waals surface area contributed by atoms with Gasteiger partial charge in [-0.3, -0.25) is 14.4 Å². The summed E-state index contributed by atoms with van der Waals surface area (Å²) in [5.74, 6) is -9.91. The van der Waals surface area contributed by atoms with Crippen molar-refractivity contribution in [3.05, 3.63) is 76.2 Å². The molecular weight excluding hydrogens is 520 g/mol. The monoisotopic (exact) mass is 550 g/mol. The second-order valence-electron chi connectivity index (χ2n) is 9.98. The number of Topliss-reactive ketones (excluding diaryl/α,β-unsaturated/α-hetero) is 1. The van der Waals surface area contributed by atoms with Crippen molar-refractivity contribution in [3.8, 4) is 5.75 Å². The van der Waals surface area contributed by atoms with Crippen LogP contribution in [0.25, 0.3) is 10.8 Å². The van der Waals surface area contributed by atoms with Crippen molar-refractivity contribution < 1.29 is 36.6 Å². The number of hydrogen-bond donors (Lipinski definition) is 1. The van der Waals surface area contributed by atoms with Crippen LogP contribution in [0.15, 0.2) is 47.4 Å². The van der Waals surface area contributed by atoms with Crippen LogP contribution in [0.4, 0.5) is 17.6 Å². The lowest BCUT2D eigenvalue weighted by Crippen LogP contribution is -2.45. The molecule has 1 aromatic heterocycles. The van der Waals surface area contributed by atoms with Gasteiger partial charge in [0.1, 0.15) is 12.2 Å². The van der Waals surface area contributed by atoms with Gasteiger partial charge < -0.3 is 19.4 Å². The van der Waals surface area contributed by atoms with Crippen molar-refractivity contribution in [1.29, 1.82) is 0 Å². The summed E-state index contributed by atoms with van der Waals surface area (Å²) in [5, 5.41) is 4.21. The Bertz CT molecular complexity index is 1390. The zero-order valence-corrected chi connectivity index (χ0v) is 22.0. The Kier molecular flexibility index (Phi) is 9.49. The van der Waals surface area contributed by atoms with E-state index in [0.717, 1.165) is 5.39 Å². The highest BCUT2D eigenvalue weighted by atomic mass is 19.2. The number of benzene rings is 2. The molecule has 0 saturated heterocycles. The molecule has 3 rings (SSSR count). The van der Waals surface area contributed by atoms with E-state index >= 15 is 0 Å². The van der Waals surface area contributed by atoms with Gasteiger partial charge in [0.2, 0.25) is 11.6 Å². The summed E-state index contributed by atoms with van der Waals surface area (Å²) in [6.07, 6.45) is 1.65. The molecule has 11 heteroatoms. The van der Waals surface area contributed by atoms with Gasteiger partial charge in [-0.15, -0.1) is 0 Å². The Morgan fingerprint density at radius 2 is 1.67 bits per heavy atom. The fourth-order valence-corrected chi connectivity index (χ4v) is 3.98. The van der Waals surface area contributed by atoms with Crippen molar-refractivity contribution in [1.82, 2.24) is 9.88 Å². The third-order valence-corrected chi connectivity index (χ3v) is 5.91. The number of halogens is 4. The number of fused-ring (bicyclic) bond motifs is 1. The molecule has 0 spiro atoms. The molecule has 0 unspecified atom stereocenters. The molecule has 210 valence electrons. The second-order valence-corrected chi connectivity index (χ2v) is 9.98. The fraction of sp³-hybridized carbons (Fsp3) is 0.393. The largest absolute Gasteiger partial charge is 0.479 e. The first kappa shape index (κ1) is 29.8. The van der Waals surface area contributed by atoms with Gasteiger partial charge in [0, 0.05) is 30.2 Å². The number of carbonyl (C=O) groups is 2. The van der Waals surface area contributed by atoms with Gasteiger partial charge in [-0.2, -0.15) is 8.78 Å². The Morgan fingerprint density at radius 1 is 1.03 bits per heavy atom. The minimum absolute atomic E-state index is 0.0197. The van der Waals surface area contributed by atoms with Crippen LogP contribution in [0.2, 0.25) is 0 Å². The molecule has 2 atom stereocenters. The molecule has 39 heavy (non-hydrogen) atoms. The predicted octanol–water partition coefficient (Wildman–Crippen LogP) is 4.85. The first-order chi connectivity index (χ1) is 18.3. The van der Waals surface area contributed by atoms with Crippen LogP contribution in [0.1, 0.15) is 46.6 Å². The standard InChI is InChI=1S/C28H30F4N2O5/c1-5-17(34-11-10-16-8-6-7-9-18(16)27(34)37)14-33-21(13-23(36)39-28(2,3)4)22(35)15-38-26-24(31)19(29)12-20(30)25(26)32/h6-12,17,21,33H,5,13-15H2,1-4H3/t17-,21-/m0/s1. The number of pyridine rings is 1. The third-order valence-electron chi connectivity index (χ3n) is 5.91. The lowest BCUT2D eigenvalue weighted by atomic mass is 10.1. The smallest absolute Gasteiger partial charge is 0.308 e. The number of hydrogen-bond acceptors (Lipinski definition) is 6. The predicted molar refractivity (Wildman–Crippen MR) is 137 cm³/mol. The van der Waals surface area contributed by atoms with Crippen molar-refractivity contribution in [2.75, 3.05) is 13.2 Å². The average molecular weight is 551 g/mol. The normalized spacial score (nSPS) is 13.2. The van der Waals surface area contributed by atoms with Gasteiger partial charge >= 0.3 is 5.97 Å². The van der Waals surface area contributed by atoms with Gasteiger partial charge in [-0.05, 0) is 44.7 Å². The van der Waals surface area contributed by atoms with Crippen LogP contribution in [0, 0.1) is 23.3 Å². The molecule has 0 bridgehead atoms.